The molecule has 0 spiro atoms. The van der Waals surface area contributed by atoms with Crippen molar-refractivity contribution < 1.29 is 14.5 Å². The number of carbonyl (C=O) groups excluding carboxylic acids is 1. The van der Waals surface area contributed by atoms with Gasteiger partial charge in [0.05, 0.1) is 12.0 Å². The first-order valence-corrected chi connectivity index (χ1v) is 5.76. The highest BCUT2D eigenvalue weighted by molar-refractivity contribution is 9.10. The first-order valence-electron chi connectivity index (χ1n) is 4.97. The number of aromatic nitrogens is 3. The number of benzene rings is 1. The second-order valence-electron chi connectivity index (χ2n) is 3.39. The summed E-state index contributed by atoms with van der Waals surface area (Å²) < 4.78 is 6.18. The monoisotopic (exact) mass is 326 g/mol. The van der Waals surface area contributed by atoms with Gasteiger partial charge < -0.3 is 4.74 Å². The van der Waals surface area contributed by atoms with Crippen LogP contribution in [0.1, 0.15) is 10.6 Å². The number of ether oxygens (including phenoxy) is 1. The van der Waals surface area contributed by atoms with Gasteiger partial charge in [0.2, 0.25) is 0 Å². The number of esters is 1. The number of carbonyl (C=O) groups is 1. The Labute approximate surface area is 115 Å². The number of hydrogen-bond acceptors (Lipinski definition) is 6. The first kappa shape index (κ1) is 13.1. The average molecular weight is 327 g/mol. The molecule has 9 heteroatoms. The standard InChI is InChI=1S/C10H7BrN4O4/c1-19-10(16)9-12-5-14(13-9)7-3-2-6(11)4-8(7)15(17)18/h2-5H,1H3. The Morgan fingerprint density at radius 2 is 2.26 bits per heavy atom. The van der Waals surface area contributed by atoms with Gasteiger partial charge in [0.25, 0.3) is 11.5 Å². The summed E-state index contributed by atoms with van der Waals surface area (Å²) in [5, 5.41) is 14.8. The molecule has 0 unspecified atom stereocenters. The largest absolute Gasteiger partial charge is 0.463 e. The van der Waals surface area contributed by atoms with Gasteiger partial charge in [-0.2, -0.15) is 0 Å². The van der Waals surface area contributed by atoms with Crippen LogP contribution >= 0.6 is 15.9 Å². The van der Waals surface area contributed by atoms with E-state index in [1.54, 1.807) is 6.07 Å². The summed E-state index contributed by atoms with van der Waals surface area (Å²) in [6.07, 6.45) is 1.21. The molecule has 0 saturated carbocycles. The summed E-state index contributed by atoms with van der Waals surface area (Å²) in [5.74, 6) is -0.877. The van der Waals surface area contributed by atoms with E-state index in [-0.39, 0.29) is 17.2 Å². The van der Waals surface area contributed by atoms with Gasteiger partial charge in [0.1, 0.15) is 12.0 Å². The van der Waals surface area contributed by atoms with Gasteiger partial charge in [-0.3, -0.25) is 10.1 Å². The zero-order valence-corrected chi connectivity index (χ0v) is 11.2. The van der Waals surface area contributed by atoms with E-state index in [0.29, 0.717) is 4.47 Å². The third kappa shape index (κ3) is 2.60. The zero-order valence-electron chi connectivity index (χ0n) is 9.61. The van der Waals surface area contributed by atoms with E-state index in [4.69, 9.17) is 0 Å². The smallest absolute Gasteiger partial charge is 0.377 e. The van der Waals surface area contributed by atoms with Crippen molar-refractivity contribution in [3.8, 4) is 5.69 Å². The van der Waals surface area contributed by atoms with Crippen molar-refractivity contribution in [2.24, 2.45) is 0 Å². The van der Waals surface area contributed by atoms with Crippen LogP contribution in [0.4, 0.5) is 5.69 Å². The maximum absolute atomic E-state index is 11.2. The number of halogens is 1. The van der Waals surface area contributed by atoms with Crippen molar-refractivity contribution in [2.75, 3.05) is 7.11 Å². The Morgan fingerprint density at radius 3 is 2.89 bits per heavy atom. The van der Waals surface area contributed by atoms with E-state index in [1.807, 2.05) is 0 Å². The van der Waals surface area contributed by atoms with Crippen LogP contribution in [0.5, 0.6) is 0 Å². The summed E-state index contributed by atoms with van der Waals surface area (Å²) in [5.41, 5.74) is 0.0477. The zero-order chi connectivity index (χ0) is 14.0. The van der Waals surface area contributed by atoms with Crippen LogP contribution < -0.4 is 0 Å². The molecule has 0 amide bonds. The molecule has 0 radical (unpaired) electrons. The Kier molecular flexibility index (Phi) is 3.56. The SMILES string of the molecule is COC(=O)c1ncn(-c2ccc(Br)cc2[N+](=O)[O-])n1. The van der Waals surface area contributed by atoms with Gasteiger partial charge in [-0.25, -0.2) is 14.5 Å². The van der Waals surface area contributed by atoms with Gasteiger partial charge in [0.15, 0.2) is 0 Å². The summed E-state index contributed by atoms with van der Waals surface area (Å²) in [6, 6.07) is 4.47. The molecule has 2 aromatic rings. The highest BCUT2D eigenvalue weighted by Crippen LogP contribution is 2.26. The van der Waals surface area contributed by atoms with E-state index < -0.39 is 10.9 Å². The second-order valence-corrected chi connectivity index (χ2v) is 4.31. The van der Waals surface area contributed by atoms with Crippen molar-refractivity contribution in [1.82, 2.24) is 14.8 Å². The van der Waals surface area contributed by atoms with Crippen LogP contribution in [0, 0.1) is 10.1 Å². The molecule has 1 aromatic heterocycles. The summed E-state index contributed by atoms with van der Waals surface area (Å²) in [6.45, 7) is 0. The summed E-state index contributed by atoms with van der Waals surface area (Å²) in [4.78, 5) is 25.4. The molecule has 0 saturated heterocycles. The average Bonchev–Trinajstić information content (AvgIpc) is 2.87. The van der Waals surface area contributed by atoms with Crippen LogP contribution in [0.25, 0.3) is 5.69 Å². The molecule has 1 aromatic carbocycles. The van der Waals surface area contributed by atoms with Gasteiger partial charge >= 0.3 is 5.97 Å². The Hall–Kier alpha value is -2.29. The molecular weight excluding hydrogens is 320 g/mol. The third-order valence-corrected chi connectivity index (χ3v) is 2.73. The molecule has 0 aliphatic rings. The van der Waals surface area contributed by atoms with E-state index in [9.17, 15) is 14.9 Å². The minimum atomic E-state index is -0.710. The van der Waals surface area contributed by atoms with Gasteiger partial charge in [-0.15, -0.1) is 5.10 Å². The molecule has 0 fully saturated rings. The third-order valence-electron chi connectivity index (χ3n) is 2.24. The normalized spacial score (nSPS) is 10.2. The second kappa shape index (κ2) is 5.14. The fraction of sp³-hybridized carbons (Fsp3) is 0.100. The molecule has 0 atom stereocenters. The van der Waals surface area contributed by atoms with Crippen LogP contribution in [-0.2, 0) is 4.74 Å². The van der Waals surface area contributed by atoms with Crippen LogP contribution in [0.15, 0.2) is 29.0 Å². The number of methoxy groups -OCH3 is 1. The number of nitro groups is 1. The molecule has 2 rings (SSSR count). The minimum Gasteiger partial charge on any atom is -0.463 e. The molecule has 0 aliphatic carbocycles. The Balaban J connectivity index is 2.50. The maximum Gasteiger partial charge on any atom is 0.377 e. The lowest BCUT2D eigenvalue weighted by atomic mass is 10.3. The Bertz CT molecular complexity index is 655. The van der Waals surface area contributed by atoms with Crippen LogP contribution in [0.2, 0.25) is 0 Å². The van der Waals surface area contributed by atoms with Crippen molar-refractivity contribution in [1.29, 1.82) is 0 Å². The van der Waals surface area contributed by atoms with Crippen molar-refractivity contribution >= 4 is 27.6 Å². The summed E-state index contributed by atoms with van der Waals surface area (Å²) in [7, 11) is 1.20. The van der Waals surface area contributed by atoms with Crippen molar-refractivity contribution in [3.63, 3.8) is 0 Å². The lowest BCUT2D eigenvalue weighted by molar-refractivity contribution is -0.384. The fourth-order valence-electron chi connectivity index (χ4n) is 1.40. The maximum atomic E-state index is 11.2. The predicted octanol–water partition coefficient (Wildman–Crippen LogP) is 1.72. The van der Waals surface area contributed by atoms with E-state index in [0.717, 1.165) is 4.68 Å². The number of hydrogen-bond donors (Lipinski definition) is 0. The number of rotatable bonds is 3. The molecule has 8 nitrogen and oxygen atoms in total. The lowest BCUT2D eigenvalue weighted by Crippen LogP contribution is -2.06. The molecule has 0 aliphatic heterocycles. The predicted molar refractivity (Wildman–Crippen MR) is 67.1 cm³/mol. The summed E-state index contributed by atoms with van der Waals surface area (Å²) >= 11 is 3.15. The van der Waals surface area contributed by atoms with Gasteiger partial charge in [-0.1, -0.05) is 15.9 Å². The van der Waals surface area contributed by atoms with E-state index in [2.05, 4.69) is 30.7 Å². The molecule has 19 heavy (non-hydrogen) atoms. The fourth-order valence-corrected chi connectivity index (χ4v) is 1.75. The highest BCUT2D eigenvalue weighted by atomic mass is 79.9. The Morgan fingerprint density at radius 1 is 1.53 bits per heavy atom. The molecular formula is C10H7BrN4O4. The minimum absolute atomic E-state index is 0.157. The lowest BCUT2D eigenvalue weighted by Gasteiger charge is -2.02. The topological polar surface area (TPSA) is 100 Å². The molecule has 0 N–H and O–H groups in total. The van der Waals surface area contributed by atoms with Crippen molar-refractivity contribution in [3.05, 3.63) is 44.9 Å². The van der Waals surface area contributed by atoms with E-state index in [1.165, 1.54) is 25.6 Å². The quantitative estimate of drug-likeness (QED) is 0.483. The number of nitro benzene ring substituents is 1. The number of nitrogens with zero attached hydrogens (tertiary/aromatic N) is 4. The van der Waals surface area contributed by atoms with E-state index >= 15 is 0 Å². The van der Waals surface area contributed by atoms with Gasteiger partial charge in [-0.05, 0) is 12.1 Å². The van der Waals surface area contributed by atoms with Crippen LogP contribution in [0.3, 0.4) is 0 Å². The molecule has 0 bridgehead atoms. The van der Waals surface area contributed by atoms with Crippen LogP contribution in [-0.4, -0.2) is 32.8 Å². The van der Waals surface area contributed by atoms with Gasteiger partial charge in [0, 0.05) is 10.5 Å². The molecule has 98 valence electrons. The van der Waals surface area contributed by atoms with Crippen molar-refractivity contribution in [2.45, 2.75) is 0 Å². The highest BCUT2D eigenvalue weighted by Gasteiger charge is 2.19. The molecule has 1 heterocycles. The first-order chi connectivity index (χ1) is 9.02.